The summed E-state index contributed by atoms with van der Waals surface area (Å²) in [5, 5.41) is 10.0. The molecule has 5 rings (SSSR count). The second-order valence-electron chi connectivity index (χ2n) is 8.88. The van der Waals surface area contributed by atoms with E-state index in [4.69, 9.17) is 23.2 Å². The first-order chi connectivity index (χ1) is 18.3. The summed E-state index contributed by atoms with van der Waals surface area (Å²) in [6.07, 6.45) is 0. The van der Waals surface area contributed by atoms with Crippen molar-refractivity contribution in [3.63, 3.8) is 0 Å². The minimum atomic E-state index is -0.275. The van der Waals surface area contributed by atoms with Gasteiger partial charge < -0.3 is 9.80 Å². The van der Waals surface area contributed by atoms with E-state index in [0.29, 0.717) is 64.2 Å². The maximum Gasteiger partial charge on any atom is 0.276 e. The van der Waals surface area contributed by atoms with Crippen LogP contribution in [-0.2, 0) is 5.75 Å². The van der Waals surface area contributed by atoms with Crippen LogP contribution in [0, 0.1) is 19.7 Å². The van der Waals surface area contributed by atoms with Crippen molar-refractivity contribution in [2.75, 3.05) is 31.1 Å². The van der Waals surface area contributed by atoms with E-state index in [-0.39, 0.29) is 17.4 Å². The first-order valence-electron chi connectivity index (χ1n) is 11.9. The van der Waals surface area contributed by atoms with Crippen molar-refractivity contribution in [1.29, 1.82) is 0 Å². The fourth-order valence-electron chi connectivity index (χ4n) is 4.37. The third kappa shape index (κ3) is 5.77. The number of aromatic nitrogens is 5. The number of nitrogens with zero attached hydrogens (tertiary/aromatic N) is 7. The number of carbonyl (C=O) groups excluding carboxylic acids is 1. The maximum absolute atomic E-state index is 14.3. The molecule has 0 unspecified atom stereocenters. The Labute approximate surface area is 233 Å². The van der Waals surface area contributed by atoms with E-state index in [1.807, 2.05) is 24.8 Å². The molecular formula is C26H24Cl2FN7OS. The molecule has 0 atom stereocenters. The van der Waals surface area contributed by atoms with Crippen LogP contribution in [-0.4, -0.2) is 61.9 Å². The number of rotatable bonds is 6. The molecule has 2 aromatic carbocycles. The molecule has 4 aromatic rings. The summed E-state index contributed by atoms with van der Waals surface area (Å²) in [5.41, 5.74) is 3.66. The largest absolute Gasteiger partial charge is 0.366 e. The van der Waals surface area contributed by atoms with Gasteiger partial charge in [0.2, 0.25) is 0 Å². The zero-order valence-corrected chi connectivity index (χ0v) is 23.1. The van der Waals surface area contributed by atoms with Crippen molar-refractivity contribution < 1.29 is 9.18 Å². The third-order valence-corrected chi connectivity index (χ3v) is 7.41. The SMILES string of the molecule is Cc1cc(C)nc(SCc2c(C(=O)N3CCN(c4ccccc4F)CC3)nnn2-c2cc(Cl)cc(Cl)c2)n1. The summed E-state index contributed by atoms with van der Waals surface area (Å²) < 4.78 is 15.8. The molecule has 8 nitrogen and oxygen atoms in total. The highest BCUT2D eigenvalue weighted by Crippen LogP contribution is 2.28. The van der Waals surface area contributed by atoms with E-state index in [0.717, 1.165) is 11.4 Å². The summed E-state index contributed by atoms with van der Waals surface area (Å²) >= 11 is 13.9. The van der Waals surface area contributed by atoms with Gasteiger partial charge in [0.05, 0.1) is 17.1 Å². The van der Waals surface area contributed by atoms with Crippen LogP contribution in [0.3, 0.4) is 0 Å². The van der Waals surface area contributed by atoms with Crippen LogP contribution in [0.5, 0.6) is 0 Å². The predicted octanol–water partition coefficient (Wildman–Crippen LogP) is 5.37. The van der Waals surface area contributed by atoms with Crippen LogP contribution in [0.1, 0.15) is 27.6 Å². The lowest BCUT2D eigenvalue weighted by atomic mass is 10.2. The van der Waals surface area contributed by atoms with E-state index in [1.165, 1.54) is 17.8 Å². The normalized spacial score (nSPS) is 13.7. The highest BCUT2D eigenvalue weighted by Gasteiger charge is 2.29. The van der Waals surface area contributed by atoms with Gasteiger partial charge in [-0.2, -0.15) is 0 Å². The number of hydrogen-bond acceptors (Lipinski definition) is 7. The van der Waals surface area contributed by atoms with E-state index in [2.05, 4.69) is 20.3 Å². The minimum absolute atomic E-state index is 0.234. The maximum atomic E-state index is 14.3. The Morgan fingerprint density at radius 3 is 2.29 bits per heavy atom. The van der Waals surface area contributed by atoms with Crippen LogP contribution >= 0.6 is 35.0 Å². The number of thioether (sulfide) groups is 1. The second kappa shape index (κ2) is 11.3. The van der Waals surface area contributed by atoms with Crippen molar-refractivity contribution in [1.82, 2.24) is 29.9 Å². The highest BCUT2D eigenvalue weighted by molar-refractivity contribution is 7.98. The number of hydrogen-bond donors (Lipinski definition) is 0. The quantitative estimate of drug-likeness (QED) is 0.227. The molecule has 3 heterocycles. The fourth-order valence-corrected chi connectivity index (χ4v) is 5.82. The lowest BCUT2D eigenvalue weighted by Gasteiger charge is -2.36. The number of para-hydroxylation sites is 1. The van der Waals surface area contributed by atoms with Crippen LogP contribution in [0.4, 0.5) is 10.1 Å². The molecule has 0 spiro atoms. The number of halogens is 3. The van der Waals surface area contributed by atoms with Crippen molar-refractivity contribution in [3.8, 4) is 5.69 Å². The van der Waals surface area contributed by atoms with Crippen molar-refractivity contribution >= 4 is 46.6 Å². The topological polar surface area (TPSA) is 80.0 Å². The Kier molecular flexibility index (Phi) is 7.83. The first kappa shape index (κ1) is 26.4. The van der Waals surface area contributed by atoms with Gasteiger partial charge in [0, 0.05) is 53.4 Å². The molecular weight excluding hydrogens is 548 g/mol. The third-order valence-electron chi connectivity index (χ3n) is 6.12. The van der Waals surface area contributed by atoms with E-state index in [1.54, 1.807) is 46.0 Å². The fraction of sp³-hybridized carbons (Fsp3) is 0.269. The van der Waals surface area contributed by atoms with Crippen molar-refractivity contribution in [2.45, 2.75) is 24.8 Å². The molecule has 1 fully saturated rings. The summed E-state index contributed by atoms with van der Waals surface area (Å²) in [6, 6.07) is 13.6. The Balaban J connectivity index is 1.42. The van der Waals surface area contributed by atoms with Crippen LogP contribution < -0.4 is 4.90 Å². The number of anilines is 1. The molecule has 196 valence electrons. The molecule has 2 aromatic heterocycles. The van der Waals surface area contributed by atoms with Gasteiger partial charge >= 0.3 is 0 Å². The van der Waals surface area contributed by atoms with Gasteiger partial charge in [-0.05, 0) is 50.2 Å². The molecule has 12 heteroatoms. The van der Waals surface area contributed by atoms with Gasteiger partial charge in [0.15, 0.2) is 10.9 Å². The van der Waals surface area contributed by atoms with E-state index >= 15 is 0 Å². The minimum Gasteiger partial charge on any atom is -0.366 e. The van der Waals surface area contributed by atoms with Crippen LogP contribution in [0.2, 0.25) is 10.0 Å². The molecule has 1 saturated heterocycles. The zero-order valence-electron chi connectivity index (χ0n) is 20.7. The standard InChI is InChI=1S/C26H24Cl2FN7OS/c1-16-11-17(2)31-26(30-16)38-15-23-24(32-33-36(23)20-13-18(27)12-19(28)14-20)25(37)35-9-7-34(8-10-35)22-6-4-3-5-21(22)29/h3-6,11-14H,7-10,15H2,1-2H3. The summed E-state index contributed by atoms with van der Waals surface area (Å²) in [5.74, 6) is -0.172. The molecule has 0 radical (unpaired) electrons. The highest BCUT2D eigenvalue weighted by atomic mass is 35.5. The summed E-state index contributed by atoms with van der Waals surface area (Å²) in [4.78, 5) is 26.3. The molecule has 1 aliphatic rings. The van der Waals surface area contributed by atoms with Crippen molar-refractivity contribution in [2.24, 2.45) is 0 Å². The van der Waals surface area contributed by atoms with Gasteiger partial charge in [0.1, 0.15) is 5.82 Å². The zero-order chi connectivity index (χ0) is 26.8. The first-order valence-corrected chi connectivity index (χ1v) is 13.7. The Hall–Kier alpha value is -3.21. The number of aryl methyl sites for hydroxylation is 2. The molecule has 0 saturated carbocycles. The molecule has 38 heavy (non-hydrogen) atoms. The smallest absolute Gasteiger partial charge is 0.276 e. The van der Waals surface area contributed by atoms with E-state index in [9.17, 15) is 9.18 Å². The summed E-state index contributed by atoms with van der Waals surface area (Å²) in [7, 11) is 0. The van der Waals surface area contributed by atoms with E-state index < -0.39 is 0 Å². The average Bonchev–Trinajstić information content (AvgIpc) is 3.30. The second-order valence-corrected chi connectivity index (χ2v) is 10.7. The monoisotopic (exact) mass is 571 g/mol. The number of carbonyl (C=O) groups is 1. The van der Waals surface area contributed by atoms with Gasteiger partial charge in [-0.15, -0.1) is 5.10 Å². The van der Waals surface area contributed by atoms with Crippen LogP contribution in [0.15, 0.2) is 53.7 Å². The lowest BCUT2D eigenvalue weighted by molar-refractivity contribution is 0.0739. The molecule has 0 bridgehead atoms. The predicted molar refractivity (Wildman–Crippen MR) is 147 cm³/mol. The molecule has 0 aliphatic carbocycles. The summed E-state index contributed by atoms with van der Waals surface area (Å²) in [6.45, 7) is 5.69. The molecule has 1 aliphatic heterocycles. The van der Waals surface area contributed by atoms with Gasteiger partial charge in [-0.25, -0.2) is 19.0 Å². The Morgan fingerprint density at radius 1 is 0.974 bits per heavy atom. The lowest BCUT2D eigenvalue weighted by Crippen LogP contribution is -2.49. The molecule has 1 amide bonds. The van der Waals surface area contributed by atoms with Crippen molar-refractivity contribution in [3.05, 3.63) is 87.2 Å². The number of amides is 1. The van der Waals surface area contributed by atoms with Crippen LogP contribution in [0.25, 0.3) is 5.69 Å². The average molecular weight is 572 g/mol. The number of benzene rings is 2. The van der Waals surface area contributed by atoms with Gasteiger partial charge in [-0.1, -0.05) is 52.3 Å². The van der Waals surface area contributed by atoms with Gasteiger partial charge in [-0.3, -0.25) is 4.79 Å². The Bertz CT molecular complexity index is 1450. The Morgan fingerprint density at radius 2 is 1.63 bits per heavy atom. The van der Waals surface area contributed by atoms with Gasteiger partial charge in [0.25, 0.3) is 5.91 Å². The molecule has 0 N–H and O–H groups in total. The number of piperazine rings is 1.